The molecule has 108 valence electrons. The van der Waals surface area contributed by atoms with E-state index >= 15 is 0 Å². The van der Waals surface area contributed by atoms with Gasteiger partial charge >= 0.3 is 0 Å². The quantitative estimate of drug-likeness (QED) is 0.796. The van der Waals surface area contributed by atoms with Crippen LogP contribution in [-0.4, -0.2) is 26.7 Å². The van der Waals surface area contributed by atoms with Crippen LogP contribution in [0.25, 0.3) is 16.9 Å². The van der Waals surface area contributed by atoms with Gasteiger partial charge in [-0.2, -0.15) is 0 Å². The van der Waals surface area contributed by atoms with Gasteiger partial charge in [0.05, 0.1) is 18.8 Å². The highest BCUT2D eigenvalue weighted by atomic mass is 16.5. The van der Waals surface area contributed by atoms with Crippen molar-refractivity contribution in [2.75, 3.05) is 7.11 Å². The molecular formula is C15H17N5O. The van der Waals surface area contributed by atoms with Crippen LogP contribution in [0.1, 0.15) is 24.6 Å². The van der Waals surface area contributed by atoms with E-state index in [0.29, 0.717) is 0 Å². The number of rotatable bonds is 3. The first-order chi connectivity index (χ1) is 10.1. The van der Waals surface area contributed by atoms with Gasteiger partial charge in [0, 0.05) is 11.6 Å². The highest BCUT2D eigenvalue weighted by Crippen LogP contribution is 2.23. The third-order valence-corrected chi connectivity index (χ3v) is 3.38. The van der Waals surface area contributed by atoms with Crippen LogP contribution >= 0.6 is 0 Å². The van der Waals surface area contributed by atoms with Gasteiger partial charge in [-0.25, -0.2) is 4.98 Å². The highest BCUT2D eigenvalue weighted by Gasteiger charge is 2.14. The zero-order valence-electron chi connectivity index (χ0n) is 12.2. The maximum absolute atomic E-state index is 5.91. The van der Waals surface area contributed by atoms with Gasteiger partial charge in [0.1, 0.15) is 11.6 Å². The number of aromatic nitrogens is 4. The molecule has 0 saturated heterocycles. The lowest BCUT2D eigenvalue weighted by molar-refractivity contribution is 0.415. The van der Waals surface area contributed by atoms with Crippen molar-refractivity contribution in [1.82, 2.24) is 19.6 Å². The minimum atomic E-state index is -0.188. The lowest BCUT2D eigenvalue weighted by atomic mass is 10.1. The summed E-state index contributed by atoms with van der Waals surface area (Å²) in [4.78, 5) is 4.63. The predicted octanol–water partition coefficient (Wildman–Crippen LogP) is 2.13. The Kier molecular flexibility index (Phi) is 3.31. The molecule has 6 heteroatoms. The molecule has 0 saturated carbocycles. The Morgan fingerprint density at radius 2 is 1.90 bits per heavy atom. The van der Waals surface area contributed by atoms with Crippen LogP contribution < -0.4 is 10.5 Å². The Labute approximate surface area is 122 Å². The second kappa shape index (κ2) is 5.14. The van der Waals surface area contributed by atoms with Crippen molar-refractivity contribution in [3.8, 4) is 17.0 Å². The number of benzene rings is 1. The molecule has 0 spiro atoms. The van der Waals surface area contributed by atoms with Crippen molar-refractivity contribution >= 4 is 5.65 Å². The van der Waals surface area contributed by atoms with E-state index in [4.69, 9.17) is 10.5 Å². The number of fused-ring (bicyclic) bond motifs is 1. The zero-order valence-corrected chi connectivity index (χ0v) is 12.2. The number of methoxy groups -OCH3 is 1. The topological polar surface area (TPSA) is 78.3 Å². The van der Waals surface area contributed by atoms with E-state index < -0.39 is 0 Å². The molecule has 0 bridgehead atoms. The van der Waals surface area contributed by atoms with Gasteiger partial charge in [-0.3, -0.25) is 4.40 Å². The van der Waals surface area contributed by atoms with E-state index in [9.17, 15) is 0 Å². The Balaban J connectivity index is 2.12. The molecule has 1 unspecified atom stereocenters. The third-order valence-electron chi connectivity index (χ3n) is 3.38. The largest absolute Gasteiger partial charge is 0.497 e. The van der Waals surface area contributed by atoms with E-state index in [0.717, 1.165) is 34.3 Å². The van der Waals surface area contributed by atoms with E-state index in [1.54, 1.807) is 7.11 Å². The fraction of sp³-hybridized carbons (Fsp3) is 0.267. The average Bonchev–Trinajstić information content (AvgIpc) is 2.92. The first kappa shape index (κ1) is 13.5. The lowest BCUT2D eigenvalue weighted by Gasteiger charge is -2.08. The van der Waals surface area contributed by atoms with Gasteiger partial charge in [0.25, 0.3) is 0 Å². The van der Waals surface area contributed by atoms with Crippen molar-refractivity contribution in [3.63, 3.8) is 0 Å². The molecule has 0 aliphatic rings. The van der Waals surface area contributed by atoms with Crippen molar-refractivity contribution in [1.29, 1.82) is 0 Å². The Morgan fingerprint density at radius 3 is 2.52 bits per heavy atom. The summed E-state index contributed by atoms with van der Waals surface area (Å²) >= 11 is 0. The van der Waals surface area contributed by atoms with Crippen LogP contribution in [0, 0.1) is 6.92 Å². The maximum atomic E-state index is 5.91. The number of nitrogens with zero attached hydrogens (tertiary/aromatic N) is 4. The number of ether oxygens (including phenoxy) is 1. The van der Waals surface area contributed by atoms with Crippen LogP contribution in [0.4, 0.5) is 0 Å². The molecule has 0 radical (unpaired) electrons. The summed E-state index contributed by atoms with van der Waals surface area (Å²) in [7, 11) is 1.65. The number of aryl methyl sites for hydroxylation is 1. The standard InChI is InChI=1S/C15H17N5O/c1-9(16)15-19-18-14-8-13(17-10(2)20(14)15)11-4-6-12(21-3)7-5-11/h4-9H,16H2,1-3H3. The van der Waals surface area contributed by atoms with Gasteiger partial charge < -0.3 is 10.5 Å². The summed E-state index contributed by atoms with van der Waals surface area (Å²) in [6, 6.07) is 9.49. The molecule has 2 N–H and O–H groups in total. The Hall–Kier alpha value is -2.47. The molecule has 0 amide bonds. The maximum Gasteiger partial charge on any atom is 0.164 e. The molecule has 2 aromatic heterocycles. The van der Waals surface area contributed by atoms with Gasteiger partial charge in [0.15, 0.2) is 11.5 Å². The Bertz CT molecular complexity index is 777. The number of hydrogen-bond donors (Lipinski definition) is 1. The molecule has 0 fully saturated rings. The second-order valence-corrected chi connectivity index (χ2v) is 4.96. The summed E-state index contributed by atoms with van der Waals surface area (Å²) in [6.45, 7) is 3.81. The van der Waals surface area contributed by atoms with Crippen LogP contribution in [0.15, 0.2) is 30.3 Å². The Morgan fingerprint density at radius 1 is 1.19 bits per heavy atom. The van der Waals surface area contributed by atoms with Crippen LogP contribution in [0.5, 0.6) is 5.75 Å². The first-order valence-corrected chi connectivity index (χ1v) is 6.73. The molecule has 2 heterocycles. The summed E-state index contributed by atoms with van der Waals surface area (Å²) in [5.74, 6) is 2.35. The van der Waals surface area contributed by atoms with Crippen molar-refractivity contribution < 1.29 is 4.74 Å². The molecule has 1 atom stereocenters. The molecule has 3 rings (SSSR count). The molecule has 0 aliphatic carbocycles. The van der Waals surface area contributed by atoms with Crippen LogP contribution in [0.3, 0.4) is 0 Å². The van der Waals surface area contributed by atoms with Crippen molar-refractivity contribution in [2.24, 2.45) is 5.73 Å². The van der Waals surface area contributed by atoms with E-state index in [1.807, 2.05) is 48.6 Å². The minimum Gasteiger partial charge on any atom is -0.497 e. The summed E-state index contributed by atoms with van der Waals surface area (Å²) < 4.78 is 7.05. The van der Waals surface area contributed by atoms with E-state index in [2.05, 4.69) is 15.2 Å². The normalized spacial score (nSPS) is 12.6. The summed E-state index contributed by atoms with van der Waals surface area (Å²) in [5, 5.41) is 8.33. The SMILES string of the molecule is COc1ccc(-c2cc3nnc(C(C)N)n3c(C)n2)cc1. The molecular weight excluding hydrogens is 266 g/mol. The predicted molar refractivity (Wildman–Crippen MR) is 80.1 cm³/mol. The summed E-state index contributed by atoms with van der Waals surface area (Å²) in [5.41, 5.74) is 8.52. The summed E-state index contributed by atoms with van der Waals surface area (Å²) in [6.07, 6.45) is 0. The fourth-order valence-electron chi connectivity index (χ4n) is 2.32. The number of nitrogens with two attached hydrogens (primary N) is 1. The van der Waals surface area contributed by atoms with Gasteiger partial charge in [-0.15, -0.1) is 10.2 Å². The monoisotopic (exact) mass is 283 g/mol. The van der Waals surface area contributed by atoms with Gasteiger partial charge in [-0.1, -0.05) is 0 Å². The van der Waals surface area contributed by atoms with Gasteiger partial charge in [-0.05, 0) is 38.1 Å². The van der Waals surface area contributed by atoms with Crippen molar-refractivity contribution in [2.45, 2.75) is 19.9 Å². The smallest absolute Gasteiger partial charge is 0.164 e. The molecule has 3 aromatic rings. The van der Waals surface area contributed by atoms with Gasteiger partial charge in [0.2, 0.25) is 0 Å². The van der Waals surface area contributed by atoms with E-state index in [-0.39, 0.29) is 6.04 Å². The molecule has 21 heavy (non-hydrogen) atoms. The zero-order chi connectivity index (χ0) is 15.0. The van der Waals surface area contributed by atoms with Crippen LogP contribution in [0.2, 0.25) is 0 Å². The number of hydrogen-bond acceptors (Lipinski definition) is 5. The molecule has 0 aliphatic heterocycles. The molecule has 6 nitrogen and oxygen atoms in total. The third kappa shape index (κ3) is 2.34. The second-order valence-electron chi connectivity index (χ2n) is 4.96. The van der Waals surface area contributed by atoms with Crippen molar-refractivity contribution in [3.05, 3.63) is 42.0 Å². The first-order valence-electron chi connectivity index (χ1n) is 6.73. The lowest BCUT2D eigenvalue weighted by Crippen LogP contribution is -2.11. The molecule has 1 aromatic carbocycles. The highest BCUT2D eigenvalue weighted by molar-refractivity contribution is 5.64. The fourth-order valence-corrected chi connectivity index (χ4v) is 2.32. The van der Waals surface area contributed by atoms with E-state index in [1.165, 1.54) is 0 Å². The average molecular weight is 283 g/mol. The van der Waals surface area contributed by atoms with Crippen LogP contribution in [-0.2, 0) is 0 Å². The minimum absolute atomic E-state index is 0.188.